The molecule has 0 spiro atoms. The SMILES string of the molecule is Cc1cc(Cl)c(C(=O)NCc2ncc(I)cc2Cl)c(Cl)n1. The van der Waals surface area contributed by atoms with E-state index < -0.39 is 5.91 Å². The number of aromatic nitrogens is 2. The zero-order chi connectivity index (χ0) is 15.6. The first kappa shape index (κ1) is 16.7. The Hall–Kier alpha value is -0.630. The van der Waals surface area contributed by atoms with Crippen LogP contribution in [-0.4, -0.2) is 15.9 Å². The van der Waals surface area contributed by atoms with Gasteiger partial charge in [0.05, 0.1) is 27.8 Å². The topological polar surface area (TPSA) is 54.9 Å². The van der Waals surface area contributed by atoms with Gasteiger partial charge in [-0.25, -0.2) is 4.98 Å². The van der Waals surface area contributed by atoms with E-state index in [0.717, 1.165) is 3.57 Å². The van der Waals surface area contributed by atoms with E-state index in [0.29, 0.717) is 16.4 Å². The van der Waals surface area contributed by atoms with Gasteiger partial charge in [-0.1, -0.05) is 34.8 Å². The summed E-state index contributed by atoms with van der Waals surface area (Å²) < 4.78 is 0.918. The van der Waals surface area contributed by atoms with Crippen molar-refractivity contribution < 1.29 is 4.79 Å². The number of hydrogen-bond donors (Lipinski definition) is 1. The van der Waals surface area contributed by atoms with Crippen LogP contribution in [0, 0.1) is 10.5 Å². The molecule has 0 fully saturated rings. The molecule has 0 aromatic carbocycles. The van der Waals surface area contributed by atoms with Gasteiger partial charge in [0, 0.05) is 15.5 Å². The van der Waals surface area contributed by atoms with E-state index in [1.165, 1.54) is 0 Å². The number of nitrogens with zero attached hydrogens (tertiary/aromatic N) is 2. The van der Waals surface area contributed by atoms with Crippen LogP contribution in [0.15, 0.2) is 18.3 Å². The zero-order valence-electron chi connectivity index (χ0n) is 10.8. The molecule has 0 aliphatic rings. The van der Waals surface area contributed by atoms with Gasteiger partial charge >= 0.3 is 0 Å². The Morgan fingerprint density at radius 2 is 2.00 bits per heavy atom. The van der Waals surface area contributed by atoms with Crippen LogP contribution >= 0.6 is 57.4 Å². The molecule has 2 aromatic rings. The molecule has 8 heteroatoms. The summed E-state index contributed by atoms with van der Waals surface area (Å²) in [6.45, 7) is 1.92. The maximum atomic E-state index is 12.2. The summed E-state index contributed by atoms with van der Waals surface area (Å²) in [4.78, 5) is 20.3. The first-order valence-electron chi connectivity index (χ1n) is 5.79. The fourth-order valence-electron chi connectivity index (χ4n) is 1.62. The number of carbonyl (C=O) groups is 1. The summed E-state index contributed by atoms with van der Waals surface area (Å²) in [5, 5.41) is 3.49. The zero-order valence-corrected chi connectivity index (χ0v) is 15.2. The quantitative estimate of drug-likeness (QED) is 0.554. The Bertz CT molecular complexity index is 686. The Kier molecular flexibility index (Phi) is 5.65. The number of carbonyl (C=O) groups excluding carboxylic acids is 1. The molecule has 2 rings (SSSR count). The average Bonchev–Trinajstić information content (AvgIpc) is 2.36. The highest BCUT2D eigenvalue weighted by Gasteiger charge is 2.17. The van der Waals surface area contributed by atoms with Crippen molar-refractivity contribution >= 4 is 63.3 Å². The lowest BCUT2D eigenvalue weighted by Crippen LogP contribution is -2.24. The van der Waals surface area contributed by atoms with E-state index in [4.69, 9.17) is 34.8 Å². The summed E-state index contributed by atoms with van der Waals surface area (Å²) in [7, 11) is 0. The number of amides is 1. The normalized spacial score (nSPS) is 10.5. The third-order valence-corrected chi connectivity index (χ3v) is 4.07. The highest BCUT2D eigenvalue weighted by atomic mass is 127. The van der Waals surface area contributed by atoms with Gasteiger partial charge in [-0.05, 0) is 41.6 Å². The van der Waals surface area contributed by atoms with E-state index in [1.54, 1.807) is 25.3 Å². The molecule has 0 saturated carbocycles. The lowest BCUT2D eigenvalue weighted by Gasteiger charge is -2.09. The lowest BCUT2D eigenvalue weighted by molar-refractivity contribution is 0.0950. The molecule has 4 nitrogen and oxygen atoms in total. The van der Waals surface area contributed by atoms with Crippen LogP contribution in [-0.2, 0) is 6.54 Å². The minimum absolute atomic E-state index is 0.0687. The summed E-state index contributed by atoms with van der Waals surface area (Å²) in [6, 6.07) is 3.35. The second-order valence-electron chi connectivity index (χ2n) is 4.18. The fraction of sp³-hybridized carbons (Fsp3) is 0.154. The van der Waals surface area contributed by atoms with Gasteiger partial charge in [0.1, 0.15) is 5.15 Å². The first-order chi connectivity index (χ1) is 9.88. The van der Waals surface area contributed by atoms with Crippen LogP contribution in [0.1, 0.15) is 21.7 Å². The average molecular weight is 456 g/mol. The first-order valence-corrected chi connectivity index (χ1v) is 8.00. The molecule has 0 saturated heterocycles. The Morgan fingerprint density at radius 1 is 1.29 bits per heavy atom. The molecule has 21 heavy (non-hydrogen) atoms. The molecule has 2 aromatic heterocycles. The van der Waals surface area contributed by atoms with Crippen LogP contribution in [0.5, 0.6) is 0 Å². The van der Waals surface area contributed by atoms with Gasteiger partial charge in [0.15, 0.2) is 0 Å². The minimum Gasteiger partial charge on any atom is -0.346 e. The predicted molar refractivity (Wildman–Crippen MR) is 92.1 cm³/mol. The van der Waals surface area contributed by atoms with Crippen molar-refractivity contribution in [3.05, 3.63) is 54.0 Å². The fourth-order valence-corrected chi connectivity index (χ4v) is 3.20. The molecule has 2 heterocycles. The second kappa shape index (κ2) is 7.09. The predicted octanol–water partition coefficient (Wildman–Crippen LogP) is 4.28. The number of hydrogen-bond acceptors (Lipinski definition) is 3. The van der Waals surface area contributed by atoms with E-state index >= 15 is 0 Å². The van der Waals surface area contributed by atoms with Gasteiger partial charge in [-0.3, -0.25) is 9.78 Å². The van der Waals surface area contributed by atoms with Crippen molar-refractivity contribution in [3.8, 4) is 0 Å². The van der Waals surface area contributed by atoms with E-state index in [1.807, 2.05) is 0 Å². The molecule has 1 N–H and O–H groups in total. The third kappa shape index (κ3) is 4.18. The number of rotatable bonds is 3. The molecule has 0 bridgehead atoms. The lowest BCUT2D eigenvalue weighted by atomic mass is 10.2. The molecule has 0 radical (unpaired) electrons. The maximum Gasteiger partial charge on any atom is 0.256 e. The maximum absolute atomic E-state index is 12.2. The van der Waals surface area contributed by atoms with Crippen molar-refractivity contribution in [3.63, 3.8) is 0 Å². The minimum atomic E-state index is -0.422. The van der Waals surface area contributed by atoms with E-state index in [-0.39, 0.29) is 22.3 Å². The van der Waals surface area contributed by atoms with Crippen LogP contribution in [0.4, 0.5) is 0 Å². The standard InChI is InChI=1S/C13H9Cl3IN3O/c1-6-2-9(15)11(12(16)20-6)13(21)19-5-10-8(14)3-7(17)4-18-10/h2-4H,5H2,1H3,(H,19,21). The van der Waals surface area contributed by atoms with Crippen molar-refractivity contribution in [1.82, 2.24) is 15.3 Å². The molecule has 0 aliphatic carbocycles. The summed E-state index contributed by atoms with van der Waals surface area (Å²) in [5.41, 5.74) is 1.35. The smallest absolute Gasteiger partial charge is 0.256 e. The van der Waals surface area contributed by atoms with Crippen LogP contribution in [0.25, 0.3) is 0 Å². The highest BCUT2D eigenvalue weighted by Crippen LogP contribution is 2.24. The van der Waals surface area contributed by atoms with Crippen LogP contribution in [0.2, 0.25) is 15.2 Å². The number of aryl methyl sites for hydroxylation is 1. The Morgan fingerprint density at radius 3 is 2.62 bits per heavy atom. The van der Waals surface area contributed by atoms with Gasteiger partial charge in [0.25, 0.3) is 5.91 Å². The molecular formula is C13H9Cl3IN3O. The number of nitrogens with one attached hydrogen (secondary N) is 1. The number of halogens is 4. The van der Waals surface area contributed by atoms with Crippen molar-refractivity contribution in [2.24, 2.45) is 0 Å². The van der Waals surface area contributed by atoms with E-state index in [9.17, 15) is 4.79 Å². The summed E-state index contributed by atoms with van der Waals surface area (Å²) in [5.74, 6) is -0.422. The van der Waals surface area contributed by atoms with Gasteiger partial charge in [-0.15, -0.1) is 0 Å². The van der Waals surface area contributed by atoms with Crippen LogP contribution < -0.4 is 5.32 Å². The summed E-state index contributed by atoms with van der Waals surface area (Å²) >= 11 is 20.2. The molecule has 0 aliphatic heterocycles. The van der Waals surface area contributed by atoms with Crippen molar-refractivity contribution in [2.75, 3.05) is 0 Å². The number of pyridine rings is 2. The monoisotopic (exact) mass is 455 g/mol. The highest BCUT2D eigenvalue weighted by molar-refractivity contribution is 14.1. The molecule has 0 atom stereocenters. The molecular weight excluding hydrogens is 447 g/mol. The Balaban J connectivity index is 2.16. The Labute approximate surface area is 150 Å². The van der Waals surface area contributed by atoms with Crippen LogP contribution in [0.3, 0.4) is 0 Å². The van der Waals surface area contributed by atoms with Crippen molar-refractivity contribution in [2.45, 2.75) is 13.5 Å². The van der Waals surface area contributed by atoms with Gasteiger partial charge < -0.3 is 5.32 Å². The molecule has 110 valence electrons. The van der Waals surface area contributed by atoms with Gasteiger partial charge in [-0.2, -0.15) is 0 Å². The molecule has 1 amide bonds. The van der Waals surface area contributed by atoms with Gasteiger partial charge in [0.2, 0.25) is 0 Å². The second-order valence-corrected chi connectivity index (χ2v) is 6.59. The van der Waals surface area contributed by atoms with E-state index in [2.05, 4.69) is 37.9 Å². The summed E-state index contributed by atoms with van der Waals surface area (Å²) in [6.07, 6.45) is 1.67. The third-order valence-electron chi connectivity index (χ3n) is 2.58. The largest absolute Gasteiger partial charge is 0.346 e. The van der Waals surface area contributed by atoms with Crippen molar-refractivity contribution in [1.29, 1.82) is 0 Å². The molecule has 0 unspecified atom stereocenters.